The Balaban J connectivity index is 1.64. The minimum absolute atomic E-state index is 0.0478. The predicted octanol–water partition coefficient (Wildman–Crippen LogP) is -0.273. The van der Waals surface area contributed by atoms with Gasteiger partial charge in [-0.2, -0.15) is 4.31 Å². The molecule has 20 heavy (non-hydrogen) atoms. The summed E-state index contributed by atoms with van der Waals surface area (Å²) in [7, 11) is -3.28. The van der Waals surface area contributed by atoms with E-state index in [1.54, 1.807) is 16.7 Å². The van der Waals surface area contributed by atoms with E-state index in [9.17, 15) is 8.42 Å². The van der Waals surface area contributed by atoms with Gasteiger partial charge in [-0.05, 0) is 24.1 Å². The molecule has 3 fully saturated rings. The lowest BCUT2D eigenvalue weighted by Gasteiger charge is -2.32. The fourth-order valence-electron chi connectivity index (χ4n) is 3.63. The summed E-state index contributed by atoms with van der Waals surface area (Å²) in [6.07, 6.45) is 4.03. The molecule has 4 rings (SSSR count). The first-order valence-electron chi connectivity index (χ1n) is 6.87. The van der Waals surface area contributed by atoms with Gasteiger partial charge in [-0.25, -0.2) is 8.42 Å². The Morgan fingerprint density at radius 2 is 2.25 bits per heavy atom. The Bertz CT molecular complexity index is 621. The molecule has 108 valence electrons. The first kappa shape index (κ1) is 12.7. The van der Waals surface area contributed by atoms with Gasteiger partial charge in [0.1, 0.15) is 10.9 Å². The molecule has 3 aliphatic heterocycles. The van der Waals surface area contributed by atoms with E-state index < -0.39 is 20.9 Å². The average Bonchev–Trinajstić information content (AvgIpc) is 2.79. The molecule has 4 heterocycles. The second kappa shape index (κ2) is 4.24. The second-order valence-electron chi connectivity index (χ2n) is 5.83. The average molecular weight is 295 g/mol. The van der Waals surface area contributed by atoms with Crippen LogP contribution in [0.3, 0.4) is 0 Å². The largest absolute Gasteiger partial charge is 0.366 e. The van der Waals surface area contributed by atoms with E-state index in [-0.39, 0.29) is 6.10 Å². The molecule has 1 N–H and O–H groups in total. The molecule has 7 heteroatoms. The van der Waals surface area contributed by atoms with Crippen molar-refractivity contribution in [2.24, 2.45) is 0 Å². The molecule has 0 aliphatic carbocycles. The maximum atomic E-state index is 12.7. The molecule has 2 bridgehead atoms. The molecule has 1 spiro atoms. The summed E-state index contributed by atoms with van der Waals surface area (Å²) < 4.78 is 33.0. The Kier molecular flexibility index (Phi) is 2.69. The van der Waals surface area contributed by atoms with Crippen LogP contribution < -0.4 is 5.32 Å². The normalized spacial score (nSPS) is 38.8. The minimum Gasteiger partial charge on any atom is -0.366 e. The van der Waals surface area contributed by atoms with E-state index in [1.807, 2.05) is 12.1 Å². The van der Waals surface area contributed by atoms with Gasteiger partial charge >= 0.3 is 0 Å². The molecule has 0 unspecified atom stereocenters. The highest BCUT2D eigenvalue weighted by Gasteiger charge is 2.63. The van der Waals surface area contributed by atoms with Crippen LogP contribution in [-0.2, 0) is 21.3 Å². The summed E-state index contributed by atoms with van der Waals surface area (Å²) >= 11 is 0. The van der Waals surface area contributed by atoms with Crippen molar-refractivity contribution >= 4 is 10.0 Å². The molecule has 0 saturated carbocycles. The third kappa shape index (κ3) is 1.74. The van der Waals surface area contributed by atoms with Crippen molar-refractivity contribution in [2.75, 3.05) is 19.6 Å². The van der Waals surface area contributed by atoms with E-state index >= 15 is 0 Å². The van der Waals surface area contributed by atoms with Crippen LogP contribution in [0.4, 0.5) is 0 Å². The summed E-state index contributed by atoms with van der Waals surface area (Å²) in [6.45, 7) is 2.24. The van der Waals surface area contributed by atoms with Crippen LogP contribution >= 0.6 is 0 Å². The smallest absolute Gasteiger partial charge is 0.220 e. The van der Waals surface area contributed by atoms with Crippen molar-refractivity contribution < 1.29 is 13.2 Å². The van der Waals surface area contributed by atoms with Crippen LogP contribution in [0.5, 0.6) is 0 Å². The van der Waals surface area contributed by atoms with E-state index in [2.05, 4.69) is 10.3 Å². The minimum atomic E-state index is -3.28. The molecule has 3 aliphatic rings. The number of rotatable bonds is 2. The van der Waals surface area contributed by atoms with E-state index in [0.29, 0.717) is 26.1 Å². The summed E-state index contributed by atoms with van der Waals surface area (Å²) in [4.78, 5) is 3.96. The van der Waals surface area contributed by atoms with Gasteiger partial charge in [0.15, 0.2) is 0 Å². The first-order chi connectivity index (χ1) is 9.60. The summed E-state index contributed by atoms with van der Waals surface area (Å²) in [5, 5.41) is 2.91. The van der Waals surface area contributed by atoms with E-state index in [4.69, 9.17) is 4.74 Å². The van der Waals surface area contributed by atoms with Gasteiger partial charge in [0.25, 0.3) is 0 Å². The number of ether oxygens (including phenoxy) is 1. The number of morpholine rings is 1. The lowest BCUT2D eigenvalue weighted by atomic mass is 10.00. The van der Waals surface area contributed by atoms with Crippen LogP contribution in [0.25, 0.3) is 0 Å². The van der Waals surface area contributed by atoms with Crippen LogP contribution in [0, 0.1) is 0 Å². The van der Waals surface area contributed by atoms with Crippen molar-refractivity contribution in [3.05, 3.63) is 30.1 Å². The van der Waals surface area contributed by atoms with Gasteiger partial charge in [-0.15, -0.1) is 0 Å². The second-order valence-corrected chi connectivity index (χ2v) is 7.94. The summed E-state index contributed by atoms with van der Waals surface area (Å²) in [5.41, 5.74) is 0.412. The van der Waals surface area contributed by atoms with Gasteiger partial charge in [-0.1, -0.05) is 0 Å². The van der Waals surface area contributed by atoms with E-state index in [1.165, 1.54) is 0 Å². The fraction of sp³-hybridized carbons (Fsp3) is 0.615. The van der Waals surface area contributed by atoms with E-state index in [0.717, 1.165) is 12.1 Å². The molecule has 6 nitrogen and oxygen atoms in total. The molecule has 3 atom stereocenters. The highest BCUT2D eigenvalue weighted by Crippen LogP contribution is 2.44. The van der Waals surface area contributed by atoms with Gasteiger partial charge in [0, 0.05) is 38.6 Å². The highest BCUT2D eigenvalue weighted by molar-refractivity contribution is 7.90. The SMILES string of the molecule is O=S1(=O)[C@H]2C[C@@H]3CNC[C@@]2(CN1Cc1ccncc1)O3. The summed E-state index contributed by atoms with van der Waals surface area (Å²) in [5.74, 6) is 0. The maximum absolute atomic E-state index is 12.7. The molecule has 1 aromatic heterocycles. The van der Waals surface area contributed by atoms with Crippen molar-refractivity contribution in [3.63, 3.8) is 0 Å². The molecule has 3 saturated heterocycles. The number of pyridine rings is 1. The van der Waals surface area contributed by atoms with Crippen LogP contribution in [0.1, 0.15) is 12.0 Å². The topological polar surface area (TPSA) is 71.5 Å². The van der Waals surface area contributed by atoms with Crippen molar-refractivity contribution in [1.29, 1.82) is 0 Å². The molecular weight excluding hydrogens is 278 g/mol. The third-order valence-electron chi connectivity index (χ3n) is 4.53. The third-order valence-corrected chi connectivity index (χ3v) is 6.85. The zero-order valence-corrected chi connectivity index (χ0v) is 11.8. The van der Waals surface area contributed by atoms with Gasteiger partial charge in [-0.3, -0.25) is 4.98 Å². The maximum Gasteiger partial charge on any atom is 0.220 e. The number of hydrogen-bond acceptors (Lipinski definition) is 5. The Morgan fingerprint density at radius 3 is 3.05 bits per heavy atom. The molecule has 0 radical (unpaired) electrons. The van der Waals surface area contributed by atoms with Gasteiger partial charge in [0.2, 0.25) is 10.0 Å². The number of nitrogens with one attached hydrogen (secondary N) is 1. The Morgan fingerprint density at radius 1 is 1.45 bits per heavy atom. The lowest BCUT2D eigenvalue weighted by Crippen LogP contribution is -2.53. The van der Waals surface area contributed by atoms with Crippen molar-refractivity contribution in [3.8, 4) is 0 Å². The standard InChI is InChI=1S/C13H17N3O3S/c17-20(18)12-5-11-6-15-8-13(12,19-11)9-16(20)7-10-1-3-14-4-2-10/h1-4,11-12,15H,5-9H2/t11-,12+,13+/m1/s1. The molecule has 1 aromatic rings. The number of aromatic nitrogens is 1. The van der Waals surface area contributed by atoms with Crippen molar-refractivity contribution in [2.45, 2.75) is 29.9 Å². The Labute approximate surface area is 118 Å². The van der Waals surface area contributed by atoms with Crippen molar-refractivity contribution in [1.82, 2.24) is 14.6 Å². The van der Waals surface area contributed by atoms with Crippen LogP contribution in [-0.4, -0.2) is 54.3 Å². The molecule has 0 amide bonds. The predicted molar refractivity (Wildman–Crippen MR) is 72.4 cm³/mol. The number of nitrogens with zero attached hydrogens (tertiary/aromatic N) is 2. The van der Waals surface area contributed by atoms with Crippen LogP contribution in [0.15, 0.2) is 24.5 Å². The zero-order chi connectivity index (χ0) is 13.8. The van der Waals surface area contributed by atoms with Crippen LogP contribution in [0.2, 0.25) is 0 Å². The highest BCUT2D eigenvalue weighted by atomic mass is 32.2. The number of sulfonamides is 1. The Hall–Kier alpha value is -1.02. The molecular formula is C13H17N3O3S. The summed E-state index contributed by atoms with van der Waals surface area (Å²) in [6, 6.07) is 3.70. The number of hydrogen-bond donors (Lipinski definition) is 1. The molecule has 0 aromatic carbocycles. The monoisotopic (exact) mass is 295 g/mol. The lowest BCUT2D eigenvalue weighted by molar-refractivity contribution is -0.0634. The van der Waals surface area contributed by atoms with Gasteiger partial charge < -0.3 is 10.1 Å². The quantitative estimate of drug-likeness (QED) is 0.813. The fourth-order valence-corrected chi connectivity index (χ4v) is 5.93. The number of fused-ring (bicyclic) bond motifs is 1. The van der Waals surface area contributed by atoms with Gasteiger partial charge in [0.05, 0.1) is 6.10 Å². The first-order valence-corrected chi connectivity index (χ1v) is 8.37. The zero-order valence-electron chi connectivity index (χ0n) is 11.0.